The smallest absolute Gasteiger partial charge is 0.269 e. The zero-order valence-electron chi connectivity index (χ0n) is 15.1. The lowest BCUT2D eigenvalue weighted by molar-refractivity contribution is -0.384. The molecule has 1 heterocycles. The van der Waals surface area contributed by atoms with Gasteiger partial charge in [0.2, 0.25) is 5.91 Å². The van der Waals surface area contributed by atoms with Crippen LogP contribution >= 0.6 is 0 Å². The number of non-ortho nitro benzene ring substituents is 1. The van der Waals surface area contributed by atoms with Crippen molar-refractivity contribution in [1.29, 1.82) is 0 Å². The van der Waals surface area contributed by atoms with Gasteiger partial charge >= 0.3 is 0 Å². The van der Waals surface area contributed by atoms with Crippen molar-refractivity contribution in [3.05, 3.63) is 76.8 Å². The number of aryl methyl sites for hydroxylation is 1. The molecule has 1 amide bonds. The number of carbonyl (C=O) groups is 1. The second kappa shape index (κ2) is 9.31. The van der Waals surface area contributed by atoms with Gasteiger partial charge in [0.1, 0.15) is 0 Å². The molecule has 0 spiro atoms. The summed E-state index contributed by atoms with van der Waals surface area (Å²) in [6, 6.07) is 15.8. The van der Waals surface area contributed by atoms with Crippen LogP contribution in [0.25, 0.3) is 11.3 Å². The normalized spacial score (nSPS) is 10.4. The lowest BCUT2D eigenvalue weighted by atomic mass is 10.2. The molecular weight excluding hydrogens is 360 g/mol. The standard InChI is InChI=1S/C20H20N4O4/c25-19(22-13-12-21-16-6-8-17(9-7-16)24(26)27)10-11-20-23-14-18(28-20)15-4-2-1-3-5-15/h1-9,14,21H,10-13H2,(H,22,25). The van der Waals surface area contributed by atoms with E-state index in [1.165, 1.54) is 12.1 Å². The van der Waals surface area contributed by atoms with Crippen molar-refractivity contribution >= 4 is 17.3 Å². The summed E-state index contributed by atoms with van der Waals surface area (Å²) in [5.41, 5.74) is 1.75. The van der Waals surface area contributed by atoms with Gasteiger partial charge in [0.05, 0.1) is 11.1 Å². The molecule has 0 saturated carbocycles. The molecule has 0 fully saturated rings. The zero-order valence-corrected chi connectivity index (χ0v) is 15.1. The Bertz CT molecular complexity index is 923. The second-order valence-corrected chi connectivity index (χ2v) is 6.06. The van der Waals surface area contributed by atoms with Crippen LogP contribution in [0.3, 0.4) is 0 Å². The first-order valence-corrected chi connectivity index (χ1v) is 8.87. The van der Waals surface area contributed by atoms with E-state index in [1.807, 2.05) is 30.3 Å². The molecule has 0 radical (unpaired) electrons. The molecular formula is C20H20N4O4. The van der Waals surface area contributed by atoms with Gasteiger partial charge in [0.15, 0.2) is 11.7 Å². The molecule has 8 nitrogen and oxygen atoms in total. The summed E-state index contributed by atoms with van der Waals surface area (Å²) in [4.78, 5) is 26.3. The number of anilines is 1. The van der Waals surface area contributed by atoms with E-state index < -0.39 is 4.92 Å². The van der Waals surface area contributed by atoms with E-state index in [0.717, 1.165) is 11.3 Å². The van der Waals surface area contributed by atoms with Crippen LogP contribution in [-0.4, -0.2) is 28.9 Å². The number of rotatable bonds is 9. The highest BCUT2D eigenvalue weighted by Gasteiger charge is 2.09. The number of amides is 1. The molecule has 0 atom stereocenters. The third kappa shape index (κ3) is 5.41. The summed E-state index contributed by atoms with van der Waals surface area (Å²) in [7, 11) is 0. The van der Waals surface area contributed by atoms with Crippen LogP contribution in [-0.2, 0) is 11.2 Å². The zero-order chi connectivity index (χ0) is 19.8. The Kier molecular flexibility index (Phi) is 6.35. The summed E-state index contributed by atoms with van der Waals surface area (Å²) >= 11 is 0. The lowest BCUT2D eigenvalue weighted by Crippen LogP contribution is -2.28. The fourth-order valence-electron chi connectivity index (χ4n) is 2.58. The Labute approximate surface area is 161 Å². The molecule has 0 saturated heterocycles. The first kappa shape index (κ1) is 19.1. The van der Waals surface area contributed by atoms with E-state index in [2.05, 4.69) is 15.6 Å². The van der Waals surface area contributed by atoms with Gasteiger partial charge in [-0.1, -0.05) is 30.3 Å². The van der Waals surface area contributed by atoms with Crippen molar-refractivity contribution in [1.82, 2.24) is 10.3 Å². The minimum Gasteiger partial charge on any atom is -0.441 e. The maximum absolute atomic E-state index is 11.9. The third-order valence-electron chi connectivity index (χ3n) is 4.03. The molecule has 3 aromatic rings. The van der Waals surface area contributed by atoms with Gasteiger partial charge in [-0.3, -0.25) is 14.9 Å². The maximum Gasteiger partial charge on any atom is 0.269 e. The number of hydrogen-bond donors (Lipinski definition) is 2. The number of carbonyl (C=O) groups excluding carboxylic acids is 1. The number of aromatic nitrogens is 1. The van der Waals surface area contributed by atoms with Gasteiger partial charge in [-0.25, -0.2) is 4.98 Å². The summed E-state index contributed by atoms with van der Waals surface area (Å²) in [5, 5.41) is 16.5. The van der Waals surface area contributed by atoms with Crippen LogP contribution in [0.2, 0.25) is 0 Å². The second-order valence-electron chi connectivity index (χ2n) is 6.06. The van der Waals surface area contributed by atoms with Crippen LogP contribution in [0, 0.1) is 10.1 Å². The van der Waals surface area contributed by atoms with Crippen LogP contribution in [0.1, 0.15) is 12.3 Å². The average molecular weight is 380 g/mol. The predicted molar refractivity (Wildman–Crippen MR) is 105 cm³/mol. The van der Waals surface area contributed by atoms with Crippen molar-refractivity contribution in [3.63, 3.8) is 0 Å². The van der Waals surface area contributed by atoms with Crippen molar-refractivity contribution in [2.75, 3.05) is 18.4 Å². The van der Waals surface area contributed by atoms with E-state index in [0.29, 0.717) is 31.2 Å². The Morgan fingerprint density at radius 3 is 2.54 bits per heavy atom. The highest BCUT2D eigenvalue weighted by Crippen LogP contribution is 2.20. The van der Waals surface area contributed by atoms with Gasteiger partial charge in [0, 0.05) is 49.3 Å². The fourth-order valence-corrected chi connectivity index (χ4v) is 2.58. The monoisotopic (exact) mass is 380 g/mol. The highest BCUT2D eigenvalue weighted by atomic mass is 16.6. The minimum atomic E-state index is -0.444. The average Bonchev–Trinajstić information content (AvgIpc) is 3.20. The van der Waals surface area contributed by atoms with Crippen molar-refractivity contribution < 1.29 is 14.1 Å². The molecule has 8 heteroatoms. The van der Waals surface area contributed by atoms with E-state index >= 15 is 0 Å². The van der Waals surface area contributed by atoms with Crippen molar-refractivity contribution in [2.45, 2.75) is 12.8 Å². The minimum absolute atomic E-state index is 0.0424. The topological polar surface area (TPSA) is 110 Å². The van der Waals surface area contributed by atoms with Crippen molar-refractivity contribution in [2.24, 2.45) is 0 Å². The summed E-state index contributed by atoms with van der Waals surface area (Å²) in [6.07, 6.45) is 2.37. The Morgan fingerprint density at radius 2 is 1.82 bits per heavy atom. The fraction of sp³-hybridized carbons (Fsp3) is 0.200. The molecule has 3 rings (SSSR count). The Hall–Kier alpha value is -3.68. The number of oxazole rings is 1. The molecule has 0 aliphatic rings. The molecule has 28 heavy (non-hydrogen) atoms. The largest absolute Gasteiger partial charge is 0.441 e. The number of hydrogen-bond acceptors (Lipinski definition) is 6. The lowest BCUT2D eigenvalue weighted by Gasteiger charge is -2.07. The van der Waals surface area contributed by atoms with E-state index in [1.54, 1.807) is 18.3 Å². The van der Waals surface area contributed by atoms with Gasteiger partial charge < -0.3 is 15.1 Å². The van der Waals surface area contributed by atoms with Gasteiger partial charge in [-0.2, -0.15) is 0 Å². The van der Waals surface area contributed by atoms with E-state index in [4.69, 9.17) is 4.42 Å². The Morgan fingerprint density at radius 1 is 1.07 bits per heavy atom. The van der Waals surface area contributed by atoms with Gasteiger partial charge in [-0.15, -0.1) is 0 Å². The third-order valence-corrected chi connectivity index (χ3v) is 4.03. The Balaban J connectivity index is 1.36. The molecule has 2 aromatic carbocycles. The van der Waals surface area contributed by atoms with Gasteiger partial charge in [0.25, 0.3) is 5.69 Å². The molecule has 0 aliphatic heterocycles. The first-order chi connectivity index (χ1) is 13.6. The van der Waals surface area contributed by atoms with Crippen LogP contribution < -0.4 is 10.6 Å². The maximum atomic E-state index is 11.9. The highest BCUT2D eigenvalue weighted by molar-refractivity contribution is 5.76. The number of nitro benzene ring substituents is 1. The summed E-state index contributed by atoms with van der Waals surface area (Å²) in [6.45, 7) is 0.956. The first-order valence-electron chi connectivity index (χ1n) is 8.87. The summed E-state index contributed by atoms with van der Waals surface area (Å²) < 4.78 is 5.68. The molecule has 0 aliphatic carbocycles. The molecule has 144 valence electrons. The summed E-state index contributed by atoms with van der Waals surface area (Å²) in [5.74, 6) is 1.12. The number of benzene rings is 2. The molecule has 1 aromatic heterocycles. The van der Waals surface area contributed by atoms with Gasteiger partial charge in [-0.05, 0) is 12.1 Å². The van der Waals surface area contributed by atoms with E-state index in [9.17, 15) is 14.9 Å². The number of nitro groups is 1. The van der Waals surface area contributed by atoms with Crippen molar-refractivity contribution in [3.8, 4) is 11.3 Å². The number of nitrogens with one attached hydrogen (secondary N) is 2. The van der Waals surface area contributed by atoms with E-state index in [-0.39, 0.29) is 18.0 Å². The number of nitrogens with zero attached hydrogens (tertiary/aromatic N) is 2. The molecule has 0 bridgehead atoms. The SMILES string of the molecule is O=C(CCc1ncc(-c2ccccc2)o1)NCCNc1ccc([N+](=O)[O-])cc1. The predicted octanol–water partition coefficient (Wildman–Crippen LogP) is 3.41. The molecule has 2 N–H and O–H groups in total. The quantitative estimate of drug-likeness (QED) is 0.334. The molecule has 0 unspecified atom stereocenters. The van der Waals surface area contributed by atoms with Crippen LogP contribution in [0.5, 0.6) is 0 Å². The van der Waals surface area contributed by atoms with Crippen LogP contribution in [0.4, 0.5) is 11.4 Å². The van der Waals surface area contributed by atoms with Crippen LogP contribution in [0.15, 0.2) is 65.2 Å².